The lowest BCUT2D eigenvalue weighted by molar-refractivity contribution is -0.151. The van der Waals surface area contributed by atoms with E-state index >= 15 is 18.8 Å². The number of nitrogens with zero attached hydrogens (tertiary/aromatic N) is 4. The van der Waals surface area contributed by atoms with Crippen LogP contribution in [0.2, 0.25) is 23.3 Å². The molecule has 3 aromatic carbocycles. The van der Waals surface area contributed by atoms with E-state index in [1.165, 1.54) is 18.5 Å². The highest BCUT2D eigenvalue weighted by molar-refractivity contribution is 6.74. The number of nitrogens with one attached hydrogen (secondary N) is 1. The SMILES string of the molecule is CN(C)[C@@H]1c2onc(OCc3ccccc3)c2C(=O)[C@@]2(O[Si](C)(C)C(C)(C)C)C(=O)C3C(=O)c4c(c(F)cc(Nc5cc(Cl)ncn5)c4OCc4ccccc4)C[C@H]3C[C@@H]12. The molecule has 0 amide bonds. The number of ketones is 3. The highest BCUT2D eigenvalue weighted by Crippen LogP contribution is 2.59. The molecule has 0 saturated heterocycles. The van der Waals surface area contributed by atoms with Gasteiger partial charge < -0.3 is 23.7 Å². The van der Waals surface area contributed by atoms with E-state index in [-0.39, 0.29) is 76.8 Å². The predicted molar refractivity (Wildman–Crippen MR) is 225 cm³/mol. The molecule has 2 heterocycles. The Morgan fingerprint density at radius 2 is 1.60 bits per heavy atom. The predicted octanol–water partition coefficient (Wildman–Crippen LogP) is 8.98. The minimum Gasteiger partial charge on any atom is -0.486 e. The second kappa shape index (κ2) is 15.6. The summed E-state index contributed by atoms with van der Waals surface area (Å²) in [6, 6.07) is 20.8. The molecule has 1 N–H and O–H groups in total. The standard InChI is InChI=1S/C45H47ClFN5O7Si/c1-44(2,3)60(6,7)59-45-29(37(52(4)5)40-36(42(45)55)43(51-58-40)57-23-26-16-12-9-13-17-26)19-27-18-28-30(47)20-31(50-33-21-32(46)48-24-49-33)39(35(28)38(53)34(27)41(45)54)56-22-25-14-10-8-11-15-25/h8-17,20-21,24,27,29,34,37H,18-19,22-23H2,1-7H3,(H,48,49,50)/t27-,29-,34?,37-,45-/m0/s1. The third-order valence-corrected chi connectivity index (χ3v) is 17.2. The molecule has 312 valence electrons. The van der Waals surface area contributed by atoms with Gasteiger partial charge >= 0.3 is 0 Å². The number of anilines is 2. The number of Topliss-reactive ketones (excluding diaryl/α,β-unsaturated/α-hetero) is 3. The summed E-state index contributed by atoms with van der Waals surface area (Å²) in [6.07, 6.45) is 1.45. The fourth-order valence-electron chi connectivity index (χ4n) is 8.70. The summed E-state index contributed by atoms with van der Waals surface area (Å²) in [4.78, 5) is 56.9. The highest BCUT2D eigenvalue weighted by Gasteiger charge is 2.70. The monoisotopic (exact) mass is 851 g/mol. The molecule has 1 fully saturated rings. The first-order chi connectivity index (χ1) is 28.5. The molecule has 0 aliphatic heterocycles. The van der Waals surface area contributed by atoms with Crippen molar-refractivity contribution in [1.82, 2.24) is 20.0 Å². The minimum atomic E-state index is -3.01. The van der Waals surface area contributed by atoms with Crippen molar-refractivity contribution in [2.24, 2.45) is 17.8 Å². The van der Waals surface area contributed by atoms with Crippen LogP contribution in [0.5, 0.6) is 11.6 Å². The second-order valence-corrected chi connectivity index (χ2v) is 22.7. The molecular weight excluding hydrogens is 805 g/mol. The van der Waals surface area contributed by atoms with Crippen molar-refractivity contribution >= 4 is 48.8 Å². The van der Waals surface area contributed by atoms with Crippen molar-refractivity contribution in [2.45, 2.75) is 76.6 Å². The number of rotatable bonds is 11. The third-order valence-electron chi connectivity index (χ3n) is 12.5. The lowest BCUT2D eigenvalue weighted by atomic mass is 9.54. The third kappa shape index (κ3) is 7.12. The van der Waals surface area contributed by atoms with Gasteiger partial charge in [-0.1, -0.05) is 93.0 Å². The zero-order chi connectivity index (χ0) is 42.7. The molecule has 1 saturated carbocycles. The first-order valence-electron chi connectivity index (χ1n) is 19.9. The van der Waals surface area contributed by atoms with Crippen LogP contribution in [-0.2, 0) is 28.9 Å². The molecular formula is C45H47ClFN5O7Si. The maximum absolute atomic E-state index is 16.6. The number of carbonyl (C=O) groups excluding carboxylic acids is 3. The average molecular weight is 852 g/mol. The Hall–Kier alpha value is -5.28. The van der Waals surface area contributed by atoms with Crippen LogP contribution in [0.3, 0.4) is 0 Å². The van der Waals surface area contributed by atoms with Crippen molar-refractivity contribution in [3.05, 3.63) is 124 Å². The van der Waals surface area contributed by atoms with Crippen LogP contribution in [0.4, 0.5) is 15.9 Å². The summed E-state index contributed by atoms with van der Waals surface area (Å²) in [5.74, 6) is -5.03. The van der Waals surface area contributed by atoms with E-state index in [2.05, 4.69) is 20.4 Å². The fraction of sp³-hybridized carbons (Fsp3) is 0.378. The van der Waals surface area contributed by atoms with Crippen LogP contribution in [-0.4, -0.2) is 65.4 Å². The Balaban J connectivity index is 1.28. The maximum atomic E-state index is 16.6. The summed E-state index contributed by atoms with van der Waals surface area (Å²) >= 11 is 6.17. The molecule has 0 bridgehead atoms. The van der Waals surface area contributed by atoms with Gasteiger partial charge in [-0.05, 0) is 67.3 Å². The maximum Gasteiger partial charge on any atom is 0.265 e. The molecule has 5 aromatic rings. The van der Waals surface area contributed by atoms with Crippen LogP contribution in [0.25, 0.3) is 0 Å². The van der Waals surface area contributed by atoms with Gasteiger partial charge in [-0.2, -0.15) is 0 Å². The van der Waals surface area contributed by atoms with E-state index in [0.717, 1.165) is 11.1 Å². The van der Waals surface area contributed by atoms with Crippen LogP contribution in [0.15, 0.2) is 83.6 Å². The van der Waals surface area contributed by atoms with E-state index in [9.17, 15) is 0 Å². The van der Waals surface area contributed by atoms with Gasteiger partial charge in [-0.3, -0.25) is 19.3 Å². The summed E-state index contributed by atoms with van der Waals surface area (Å²) < 4.78 is 42.4. The summed E-state index contributed by atoms with van der Waals surface area (Å²) in [5, 5.41) is 7.01. The molecule has 1 unspecified atom stereocenters. The molecule has 8 rings (SSSR count). The molecule has 3 aliphatic carbocycles. The van der Waals surface area contributed by atoms with Gasteiger partial charge in [-0.25, -0.2) is 14.4 Å². The van der Waals surface area contributed by atoms with E-state index < -0.39 is 65.9 Å². The van der Waals surface area contributed by atoms with Gasteiger partial charge in [0.05, 0.1) is 23.2 Å². The zero-order valence-corrected chi connectivity index (χ0v) is 36.3. The number of fused-ring (bicyclic) bond motifs is 4. The Kier molecular flexibility index (Phi) is 10.8. The molecule has 2 aromatic heterocycles. The molecule has 3 aliphatic rings. The Labute approximate surface area is 353 Å². The van der Waals surface area contributed by atoms with E-state index in [1.54, 1.807) is 0 Å². The van der Waals surface area contributed by atoms with E-state index in [0.29, 0.717) is 0 Å². The van der Waals surface area contributed by atoms with Crippen molar-refractivity contribution < 1.29 is 37.2 Å². The number of ether oxygens (including phenoxy) is 2. The first-order valence-corrected chi connectivity index (χ1v) is 23.2. The fourth-order valence-corrected chi connectivity index (χ4v) is 10.3. The minimum absolute atomic E-state index is 0.0166. The molecule has 5 atom stereocenters. The zero-order valence-electron chi connectivity index (χ0n) is 34.5. The smallest absolute Gasteiger partial charge is 0.265 e. The summed E-state index contributed by atoms with van der Waals surface area (Å²) in [7, 11) is 0.665. The number of benzene rings is 3. The van der Waals surface area contributed by atoms with Crippen LogP contribution in [0.1, 0.15) is 76.4 Å². The van der Waals surface area contributed by atoms with Crippen LogP contribution < -0.4 is 14.8 Å². The molecule has 0 spiro atoms. The Bertz CT molecular complexity index is 2480. The number of halogens is 2. The van der Waals surface area contributed by atoms with Gasteiger partial charge in [0.25, 0.3) is 5.88 Å². The molecule has 60 heavy (non-hydrogen) atoms. The topological polar surface area (TPSA) is 146 Å². The lowest BCUT2D eigenvalue weighted by Crippen LogP contribution is -2.70. The van der Waals surface area contributed by atoms with Crippen LogP contribution >= 0.6 is 11.6 Å². The van der Waals surface area contributed by atoms with Gasteiger partial charge in [-0.15, -0.1) is 0 Å². The van der Waals surface area contributed by atoms with Gasteiger partial charge in [0.1, 0.15) is 41.9 Å². The molecule has 0 radical (unpaired) electrons. The number of carbonyl (C=O) groups is 3. The van der Waals surface area contributed by atoms with Gasteiger partial charge in [0.15, 0.2) is 37.0 Å². The Morgan fingerprint density at radius 3 is 2.22 bits per heavy atom. The van der Waals surface area contributed by atoms with Crippen LogP contribution in [0, 0.1) is 23.6 Å². The van der Waals surface area contributed by atoms with Crippen molar-refractivity contribution in [1.29, 1.82) is 0 Å². The Morgan fingerprint density at radius 1 is 0.950 bits per heavy atom. The first kappa shape index (κ1) is 41.5. The number of hydrogen-bond acceptors (Lipinski definition) is 12. The van der Waals surface area contributed by atoms with Gasteiger partial charge in [0.2, 0.25) is 5.78 Å². The highest BCUT2D eigenvalue weighted by atomic mass is 35.5. The quantitative estimate of drug-likeness (QED) is 0.0769. The summed E-state index contributed by atoms with van der Waals surface area (Å²) in [5.41, 5.74) is -0.327. The second-order valence-electron chi connectivity index (χ2n) is 17.6. The van der Waals surface area contributed by atoms with Crippen molar-refractivity contribution in [2.75, 3.05) is 19.4 Å². The van der Waals surface area contributed by atoms with Crippen molar-refractivity contribution in [3.8, 4) is 11.6 Å². The van der Waals surface area contributed by atoms with E-state index in [4.69, 9.17) is 30.0 Å². The number of aromatic nitrogens is 3. The lowest BCUT2D eigenvalue weighted by Gasteiger charge is -2.56. The number of hydrogen-bond donors (Lipinski definition) is 1. The largest absolute Gasteiger partial charge is 0.486 e. The molecule has 15 heteroatoms. The molecule has 12 nitrogen and oxygen atoms in total. The normalized spacial score (nSPS) is 22.5. The summed E-state index contributed by atoms with van der Waals surface area (Å²) in [6.45, 7) is 10.1. The average Bonchev–Trinajstić information content (AvgIpc) is 3.62. The van der Waals surface area contributed by atoms with E-state index in [1.807, 2.05) is 114 Å². The van der Waals surface area contributed by atoms with Gasteiger partial charge in [0, 0.05) is 23.6 Å². The van der Waals surface area contributed by atoms with Crippen molar-refractivity contribution in [3.63, 3.8) is 0 Å².